The van der Waals surface area contributed by atoms with Gasteiger partial charge in [-0.05, 0) is 29.2 Å². The molecule has 3 rings (SSSR count). The van der Waals surface area contributed by atoms with Gasteiger partial charge in [0.2, 0.25) is 10.0 Å². The molecular weight excluding hydrogens is 376 g/mol. The highest BCUT2D eigenvalue weighted by Gasteiger charge is 2.22. The van der Waals surface area contributed by atoms with Crippen molar-refractivity contribution in [3.05, 3.63) is 71.4 Å². The van der Waals surface area contributed by atoms with Crippen molar-refractivity contribution < 1.29 is 18.3 Å². The van der Waals surface area contributed by atoms with Crippen molar-refractivity contribution in [3.63, 3.8) is 0 Å². The lowest BCUT2D eigenvalue weighted by Gasteiger charge is -2.11. The molecule has 146 valence electrons. The van der Waals surface area contributed by atoms with Crippen LogP contribution < -0.4 is 0 Å². The number of H-pyrrole nitrogens is 1. The van der Waals surface area contributed by atoms with Gasteiger partial charge in [0.1, 0.15) is 5.69 Å². The van der Waals surface area contributed by atoms with E-state index < -0.39 is 16.0 Å². The fourth-order valence-corrected chi connectivity index (χ4v) is 3.99. The minimum absolute atomic E-state index is 0.104. The second-order valence-corrected chi connectivity index (χ2v) is 8.96. The van der Waals surface area contributed by atoms with Gasteiger partial charge < -0.3 is 10.1 Å². The lowest BCUT2D eigenvalue weighted by molar-refractivity contribution is 0.0692. The first-order chi connectivity index (χ1) is 13.2. The molecule has 3 aromatic rings. The molecule has 1 heterocycles. The Bertz CT molecular complexity index is 1100. The Kier molecular flexibility index (Phi) is 5.40. The summed E-state index contributed by atoms with van der Waals surface area (Å²) in [6.45, 7) is 1.88. The SMILES string of the molecule is Cc1c(-c2ccccc2)[nH]c(C(=O)O)c1-c1ccc(CS(=O)(=O)N(C)C)cc1. The molecule has 7 heteroatoms. The largest absolute Gasteiger partial charge is 0.477 e. The molecule has 6 nitrogen and oxygen atoms in total. The lowest BCUT2D eigenvalue weighted by atomic mass is 9.98. The van der Waals surface area contributed by atoms with Crippen molar-refractivity contribution in [2.45, 2.75) is 12.7 Å². The molecule has 0 fully saturated rings. The summed E-state index contributed by atoms with van der Waals surface area (Å²) < 4.78 is 25.3. The third-order valence-electron chi connectivity index (χ3n) is 4.67. The molecule has 0 spiro atoms. The number of aromatic nitrogens is 1. The molecular formula is C21H22N2O4S. The number of hydrogen-bond acceptors (Lipinski definition) is 3. The predicted molar refractivity (Wildman–Crippen MR) is 110 cm³/mol. The van der Waals surface area contributed by atoms with Crippen LogP contribution in [0.25, 0.3) is 22.4 Å². The van der Waals surface area contributed by atoms with Crippen LogP contribution in [0.2, 0.25) is 0 Å². The fraction of sp³-hybridized carbons (Fsp3) is 0.190. The van der Waals surface area contributed by atoms with Crippen molar-refractivity contribution in [2.24, 2.45) is 0 Å². The van der Waals surface area contributed by atoms with E-state index in [1.165, 1.54) is 18.4 Å². The van der Waals surface area contributed by atoms with Gasteiger partial charge in [-0.25, -0.2) is 17.5 Å². The second-order valence-electron chi connectivity index (χ2n) is 6.78. The van der Waals surface area contributed by atoms with Crippen LogP contribution in [0.5, 0.6) is 0 Å². The van der Waals surface area contributed by atoms with Crippen LogP contribution in [0.1, 0.15) is 21.6 Å². The molecule has 0 unspecified atom stereocenters. The fourth-order valence-electron chi connectivity index (χ4n) is 3.12. The number of nitrogens with one attached hydrogen (secondary N) is 1. The molecule has 0 aliphatic carbocycles. The molecule has 0 aliphatic heterocycles. The number of hydrogen-bond donors (Lipinski definition) is 2. The highest BCUT2D eigenvalue weighted by atomic mass is 32.2. The van der Waals surface area contributed by atoms with Gasteiger partial charge >= 0.3 is 5.97 Å². The van der Waals surface area contributed by atoms with Crippen LogP contribution in [-0.4, -0.2) is 42.9 Å². The topological polar surface area (TPSA) is 90.5 Å². The van der Waals surface area contributed by atoms with Gasteiger partial charge in [0.15, 0.2) is 0 Å². The molecule has 2 aromatic carbocycles. The van der Waals surface area contributed by atoms with Crippen LogP contribution in [-0.2, 0) is 15.8 Å². The van der Waals surface area contributed by atoms with E-state index in [0.717, 1.165) is 22.4 Å². The van der Waals surface area contributed by atoms with Crippen molar-refractivity contribution in [1.29, 1.82) is 0 Å². The average Bonchev–Trinajstić information content (AvgIpc) is 3.00. The number of carboxylic acid groups (broad SMARTS) is 1. The van der Waals surface area contributed by atoms with Gasteiger partial charge in [-0.1, -0.05) is 54.6 Å². The molecule has 0 saturated carbocycles. The van der Waals surface area contributed by atoms with Gasteiger partial charge in [-0.2, -0.15) is 0 Å². The first-order valence-corrected chi connectivity index (χ1v) is 10.3. The van der Waals surface area contributed by atoms with Crippen molar-refractivity contribution in [1.82, 2.24) is 9.29 Å². The molecule has 0 amide bonds. The summed E-state index contributed by atoms with van der Waals surface area (Å²) in [5.74, 6) is -1.15. The maximum absolute atomic E-state index is 12.1. The van der Waals surface area contributed by atoms with Gasteiger partial charge in [0, 0.05) is 25.4 Å². The summed E-state index contributed by atoms with van der Waals surface area (Å²) in [5, 5.41) is 9.66. The highest BCUT2D eigenvalue weighted by molar-refractivity contribution is 7.88. The maximum Gasteiger partial charge on any atom is 0.352 e. The van der Waals surface area contributed by atoms with Crippen molar-refractivity contribution in [3.8, 4) is 22.4 Å². The zero-order valence-electron chi connectivity index (χ0n) is 15.9. The van der Waals surface area contributed by atoms with E-state index in [4.69, 9.17) is 0 Å². The third kappa shape index (κ3) is 3.85. The number of carboxylic acids is 1. The summed E-state index contributed by atoms with van der Waals surface area (Å²) in [4.78, 5) is 14.8. The van der Waals surface area contributed by atoms with Crippen LogP contribution in [0, 0.1) is 6.92 Å². The normalized spacial score (nSPS) is 11.7. The minimum atomic E-state index is -3.36. The van der Waals surface area contributed by atoms with E-state index in [1.807, 2.05) is 37.3 Å². The molecule has 0 saturated heterocycles. The Labute approximate surface area is 164 Å². The molecule has 0 aliphatic rings. The summed E-state index contributed by atoms with van der Waals surface area (Å²) in [6.07, 6.45) is 0. The number of aromatic carboxylic acids is 1. The smallest absolute Gasteiger partial charge is 0.352 e. The van der Waals surface area contributed by atoms with Gasteiger partial charge in [0.25, 0.3) is 0 Å². The monoisotopic (exact) mass is 398 g/mol. The Morgan fingerprint density at radius 1 is 1.00 bits per heavy atom. The molecule has 1 aromatic heterocycles. The van der Waals surface area contributed by atoms with E-state index in [0.29, 0.717) is 11.1 Å². The molecule has 0 radical (unpaired) electrons. The first-order valence-electron chi connectivity index (χ1n) is 8.71. The van der Waals surface area contributed by atoms with Crippen molar-refractivity contribution in [2.75, 3.05) is 14.1 Å². The van der Waals surface area contributed by atoms with Crippen LogP contribution in [0.3, 0.4) is 0 Å². The molecule has 28 heavy (non-hydrogen) atoms. The summed E-state index contributed by atoms with van der Waals surface area (Å²) in [7, 11) is -0.363. The molecule has 2 N–H and O–H groups in total. The van der Waals surface area contributed by atoms with Crippen LogP contribution >= 0.6 is 0 Å². The lowest BCUT2D eigenvalue weighted by Crippen LogP contribution is -2.23. The zero-order valence-corrected chi connectivity index (χ0v) is 16.7. The number of nitrogens with zero attached hydrogens (tertiary/aromatic N) is 1. The van der Waals surface area contributed by atoms with Crippen LogP contribution in [0.15, 0.2) is 54.6 Å². The van der Waals surface area contributed by atoms with Gasteiger partial charge in [-0.15, -0.1) is 0 Å². The third-order valence-corrected chi connectivity index (χ3v) is 6.49. The van der Waals surface area contributed by atoms with E-state index in [9.17, 15) is 18.3 Å². The Hall–Kier alpha value is -2.90. The Balaban J connectivity index is 2.04. The number of aromatic amines is 1. The number of benzene rings is 2. The van der Waals surface area contributed by atoms with Crippen LogP contribution in [0.4, 0.5) is 0 Å². The summed E-state index contributed by atoms with van der Waals surface area (Å²) in [5.41, 5.74) is 4.58. The quantitative estimate of drug-likeness (QED) is 0.662. The van der Waals surface area contributed by atoms with E-state index in [1.54, 1.807) is 24.3 Å². The zero-order chi connectivity index (χ0) is 20.5. The first kappa shape index (κ1) is 19.9. The van der Waals surface area contributed by atoms with Gasteiger partial charge in [0.05, 0.1) is 5.75 Å². The standard InChI is InChI=1S/C21H22N2O4S/c1-14-18(16-11-9-15(10-12-16)13-28(26,27)23(2)3)20(21(24)25)22-19(14)17-7-5-4-6-8-17/h4-12,22H,13H2,1-3H3,(H,24,25). The van der Waals surface area contributed by atoms with E-state index in [2.05, 4.69) is 4.98 Å². The average molecular weight is 398 g/mol. The summed E-state index contributed by atoms with van der Waals surface area (Å²) >= 11 is 0. The van der Waals surface area contributed by atoms with E-state index >= 15 is 0 Å². The number of sulfonamides is 1. The van der Waals surface area contributed by atoms with Gasteiger partial charge in [-0.3, -0.25) is 0 Å². The maximum atomic E-state index is 12.1. The predicted octanol–water partition coefficient (Wildman–Crippen LogP) is 3.75. The molecule has 0 atom stereocenters. The summed E-state index contributed by atoms with van der Waals surface area (Å²) in [6, 6.07) is 16.5. The molecule has 0 bridgehead atoms. The number of carbonyl (C=O) groups is 1. The van der Waals surface area contributed by atoms with Crippen molar-refractivity contribution >= 4 is 16.0 Å². The highest BCUT2D eigenvalue weighted by Crippen LogP contribution is 2.35. The second kappa shape index (κ2) is 7.61. The Morgan fingerprint density at radius 3 is 2.14 bits per heavy atom. The number of rotatable bonds is 6. The van der Waals surface area contributed by atoms with E-state index in [-0.39, 0.29) is 11.4 Å². The Morgan fingerprint density at radius 2 is 1.61 bits per heavy atom. The minimum Gasteiger partial charge on any atom is -0.477 e.